The minimum Gasteiger partial charge on any atom is -0.357 e. The number of nitrogens with one attached hydrogen (secondary N) is 1. The molecule has 0 spiro atoms. The van der Waals surface area contributed by atoms with Crippen LogP contribution in [0.2, 0.25) is 0 Å². The van der Waals surface area contributed by atoms with E-state index in [4.69, 9.17) is 10.1 Å². The van der Waals surface area contributed by atoms with Gasteiger partial charge in [0.05, 0.1) is 11.4 Å². The Morgan fingerprint density at radius 2 is 1.86 bits per heavy atom. The topological polar surface area (TPSA) is 87.8 Å². The molecule has 0 radical (unpaired) electrons. The van der Waals surface area contributed by atoms with Gasteiger partial charge in [0.25, 0.3) is 0 Å². The molecular weight excluding hydrogens is 384 g/mol. The first kappa shape index (κ1) is 21.3. The van der Waals surface area contributed by atoms with Crippen LogP contribution in [0.25, 0.3) is 0 Å². The molecule has 2 aromatic carbocycles. The number of sulfonamides is 1. The normalized spacial score (nSPS) is 20.5. The SMILES string of the molecule is CCNC(=NCc1ccc(S(N)(=O)=O)cc1)N1CCC(c2ccccc2)C(C)C1. The highest BCUT2D eigenvalue weighted by Gasteiger charge is 2.28. The number of hydrogen-bond acceptors (Lipinski definition) is 3. The summed E-state index contributed by atoms with van der Waals surface area (Å²) in [5.74, 6) is 2.01. The van der Waals surface area contributed by atoms with E-state index in [2.05, 4.69) is 54.4 Å². The summed E-state index contributed by atoms with van der Waals surface area (Å²) in [6, 6.07) is 17.3. The van der Waals surface area contributed by atoms with Gasteiger partial charge in [-0.1, -0.05) is 49.4 Å². The third-order valence-electron chi connectivity index (χ3n) is 5.43. The molecule has 0 aliphatic carbocycles. The van der Waals surface area contributed by atoms with Crippen LogP contribution in [-0.4, -0.2) is 38.9 Å². The van der Waals surface area contributed by atoms with E-state index in [-0.39, 0.29) is 4.90 Å². The highest BCUT2D eigenvalue weighted by Crippen LogP contribution is 2.32. The van der Waals surface area contributed by atoms with E-state index in [9.17, 15) is 8.42 Å². The summed E-state index contributed by atoms with van der Waals surface area (Å²) >= 11 is 0. The second-order valence-corrected chi connectivity index (χ2v) is 9.15. The van der Waals surface area contributed by atoms with Gasteiger partial charge >= 0.3 is 0 Å². The number of nitrogens with zero attached hydrogens (tertiary/aromatic N) is 2. The zero-order valence-corrected chi connectivity index (χ0v) is 17.9. The largest absolute Gasteiger partial charge is 0.357 e. The maximum Gasteiger partial charge on any atom is 0.238 e. The number of hydrogen-bond donors (Lipinski definition) is 2. The summed E-state index contributed by atoms with van der Waals surface area (Å²) < 4.78 is 22.8. The Labute approximate surface area is 173 Å². The van der Waals surface area contributed by atoms with Gasteiger partial charge in [-0.25, -0.2) is 18.5 Å². The van der Waals surface area contributed by atoms with E-state index in [0.717, 1.165) is 37.6 Å². The molecule has 1 fully saturated rings. The van der Waals surface area contributed by atoms with Gasteiger partial charge in [0.2, 0.25) is 10.0 Å². The molecule has 7 heteroatoms. The number of rotatable bonds is 5. The summed E-state index contributed by atoms with van der Waals surface area (Å²) in [7, 11) is -3.67. The Kier molecular flexibility index (Phi) is 6.92. The number of piperidine rings is 1. The number of benzene rings is 2. The molecule has 2 aromatic rings. The fourth-order valence-corrected chi connectivity index (χ4v) is 4.43. The van der Waals surface area contributed by atoms with Crippen molar-refractivity contribution in [1.82, 2.24) is 10.2 Å². The molecule has 3 rings (SSSR count). The molecule has 3 N–H and O–H groups in total. The molecule has 0 aromatic heterocycles. The standard InChI is InChI=1S/C22H30N4O2S/c1-3-24-22(25-15-18-9-11-20(12-10-18)29(23,27)28)26-14-13-21(17(2)16-26)19-7-5-4-6-8-19/h4-12,17,21H,3,13-16H2,1-2H3,(H,24,25)(H2,23,27,28). The molecule has 0 saturated carbocycles. The molecule has 1 saturated heterocycles. The minimum atomic E-state index is -3.67. The molecule has 156 valence electrons. The third-order valence-corrected chi connectivity index (χ3v) is 6.36. The van der Waals surface area contributed by atoms with Crippen molar-refractivity contribution in [3.8, 4) is 0 Å². The summed E-state index contributed by atoms with van der Waals surface area (Å²) in [5, 5.41) is 8.55. The smallest absolute Gasteiger partial charge is 0.238 e. The molecule has 2 unspecified atom stereocenters. The van der Waals surface area contributed by atoms with E-state index < -0.39 is 10.0 Å². The van der Waals surface area contributed by atoms with E-state index in [1.54, 1.807) is 12.1 Å². The van der Waals surface area contributed by atoms with Crippen molar-refractivity contribution < 1.29 is 8.42 Å². The quantitative estimate of drug-likeness (QED) is 0.582. The monoisotopic (exact) mass is 414 g/mol. The predicted octanol–water partition coefficient (Wildman–Crippen LogP) is 2.93. The summed E-state index contributed by atoms with van der Waals surface area (Å²) in [6.45, 7) is 7.57. The van der Waals surface area contributed by atoms with Gasteiger partial charge in [-0.3, -0.25) is 0 Å². The summed E-state index contributed by atoms with van der Waals surface area (Å²) in [6.07, 6.45) is 1.10. The van der Waals surface area contributed by atoms with Crippen LogP contribution >= 0.6 is 0 Å². The van der Waals surface area contributed by atoms with Crippen molar-refractivity contribution in [2.75, 3.05) is 19.6 Å². The number of nitrogens with two attached hydrogens (primary N) is 1. The van der Waals surface area contributed by atoms with Gasteiger partial charge < -0.3 is 10.2 Å². The molecule has 2 atom stereocenters. The number of likely N-dealkylation sites (tertiary alicyclic amines) is 1. The van der Waals surface area contributed by atoms with Gasteiger partial charge in [-0.05, 0) is 48.4 Å². The Hall–Kier alpha value is -2.38. The first-order valence-electron chi connectivity index (χ1n) is 10.1. The zero-order chi connectivity index (χ0) is 20.9. The molecule has 1 aliphatic rings. The van der Waals surface area contributed by atoms with Crippen LogP contribution in [0.1, 0.15) is 37.3 Å². The number of aliphatic imine (C=N–C) groups is 1. The van der Waals surface area contributed by atoms with Crippen molar-refractivity contribution in [3.05, 3.63) is 65.7 Å². The van der Waals surface area contributed by atoms with Crippen molar-refractivity contribution in [1.29, 1.82) is 0 Å². The van der Waals surface area contributed by atoms with E-state index >= 15 is 0 Å². The Morgan fingerprint density at radius 1 is 1.17 bits per heavy atom. The lowest BCUT2D eigenvalue weighted by Crippen LogP contribution is -2.48. The van der Waals surface area contributed by atoms with Gasteiger partial charge in [0.1, 0.15) is 0 Å². The predicted molar refractivity (Wildman–Crippen MR) is 117 cm³/mol. The lowest BCUT2D eigenvalue weighted by molar-refractivity contribution is 0.234. The molecule has 29 heavy (non-hydrogen) atoms. The highest BCUT2D eigenvalue weighted by atomic mass is 32.2. The Morgan fingerprint density at radius 3 is 2.45 bits per heavy atom. The van der Waals surface area contributed by atoms with Gasteiger partial charge in [0, 0.05) is 19.6 Å². The van der Waals surface area contributed by atoms with Gasteiger partial charge in [0.15, 0.2) is 5.96 Å². The van der Waals surface area contributed by atoms with Gasteiger partial charge in [-0.15, -0.1) is 0 Å². The molecular formula is C22H30N4O2S. The van der Waals surface area contributed by atoms with Crippen molar-refractivity contribution >= 4 is 16.0 Å². The maximum atomic E-state index is 11.4. The van der Waals surface area contributed by atoms with Crippen LogP contribution in [0.15, 0.2) is 64.5 Å². The Balaban J connectivity index is 1.68. The summed E-state index contributed by atoms with van der Waals surface area (Å²) in [4.78, 5) is 7.23. The molecule has 1 heterocycles. The van der Waals surface area contributed by atoms with E-state index in [1.807, 2.05) is 0 Å². The van der Waals surface area contributed by atoms with Crippen molar-refractivity contribution in [3.63, 3.8) is 0 Å². The molecule has 0 bridgehead atoms. The second-order valence-electron chi connectivity index (χ2n) is 7.59. The molecule has 6 nitrogen and oxygen atoms in total. The van der Waals surface area contributed by atoms with Crippen LogP contribution in [0.3, 0.4) is 0 Å². The minimum absolute atomic E-state index is 0.119. The summed E-state index contributed by atoms with van der Waals surface area (Å²) in [5.41, 5.74) is 2.36. The number of guanidine groups is 1. The van der Waals surface area contributed by atoms with E-state index in [1.165, 1.54) is 17.7 Å². The second kappa shape index (κ2) is 9.41. The number of primary sulfonamides is 1. The first-order valence-corrected chi connectivity index (χ1v) is 11.6. The highest BCUT2D eigenvalue weighted by molar-refractivity contribution is 7.89. The first-order chi connectivity index (χ1) is 13.9. The average molecular weight is 415 g/mol. The molecule has 1 aliphatic heterocycles. The lowest BCUT2D eigenvalue weighted by Gasteiger charge is -2.39. The third kappa shape index (κ3) is 5.58. The fraction of sp³-hybridized carbons (Fsp3) is 0.409. The van der Waals surface area contributed by atoms with Crippen LogP contribution in [0.5, 0.6) is 0 Å². The van der Waals surface area contributed by atoms with Crippen molar-refractivity contribution in [2.45, 2.75) is 37.6 Å². The zero-order valence-electron chi connectivity index (χ0n) is 17.1. The van der Waals surface area contributed by atoms with Crippen LogP contribution in [0, 0.1) is 5.92 Å². The fourth-order valence-electron chi connectivity index (χ4n) is 3.91. The maximum absolute atomic E-state index is 11.4. The van der Waals surface area contributed by atoms with Crippen LogP contribution < -0.4 is 10.5 Å². The van der Waals surface area contributed by atoms with Gasteiger partial charge in [-0.2, -0.15) is 0 Å². The lowest BCUT2D eigenvalue weighted by atomic mass is 9.82. The Bertz CT molecular complexity index is 927. The average Bonchev–Trinajstić information content (AvgIpc) is 2.71. The molecule has 0 amide bonds. The van der Waals surface area contributed by atoms with Crippen LogP contribution in [0.4, 0.5) is 0 Å². The van der Waals surface area contributed by atoms with Crippen LogP contribution in [-0.2, 0) is 16.6 Å². The van der Waals surface area contributed by atoms with Crippen molar-refractivity contribution in [2.24, 2.45) is 16.0 Å². The van der Waals surface area contributed by atoms with E-state index in [0.29, 0.717) is 18.4 Å².